The highest BCUT2D eigenvalue weighted by Crippen LogP contribution is 2.24. The van der Waals surface area contributed by atoms with Crippen molar-refractivity contribution in [3.63, 3.8) is 0 Å². The third kappa shape index (κ3) is 1.15. The lowest BCUT2D eigenvalue weighted by Gasteiger charge is -1.88. The van der Waals surface area contributed by atoms with Gasteiger partial charge in [-0.1, -0.05) is 0 Å². The summed E-state index contributed by atoms with van der Waals surface area (Å²) < 4.78 is 1.06. The zero-order chi connectivity index (χ0) is 8.55. The first-order chi connectivity index (χ1) is 5.79. The van der Waals surface area contributed by atoms with Crippen LogP contribution < -0.4 is 5.73 Å². The van der Waals surface area contributed by atoms with E-state index in [0.29, 0.717) is 6.54 Å². The van der Waals surface area contributed by atoms with E-state index in [2.05, 4.69) is 4.98 Å². The summed E-state index contributed by atoms with van der Waals surface area (Å²) in [5.41, 5.74) is 6.26. The molecule has 0 unspecified atom stereocenters. The van der Waals surface area contributed by atoms with E-state index in [-0.39, 0.29) is 5.75 Å². The summed E-state index contributed by atoms with van der Waals surface area (Å²) >= 11 is 1.56. The van der Waals surface area contributed by atoms with Crippen molar-refractivity contribution in [2.24, 2.45) is 5.73 Å². The number of thiazole rings is 1. The predicted octanol–water partition coefficient (Wildman–Crippen LogP) is 1.46. The van der Waals surface area contributed by atoms with Crippen molar-refractivity contribution >= 4 is 21.6 Å². The number of fused-ring (bicyclic) bond motifs is 1. The van der Waals surface area contributed by atoms with Crippen molar-refractivity contribution in [2.45, 2.75) is 6.54 Å². The maximum Gasteiger partial charge on any atom is 0.117 e. The Morgan fingerprint density at radius 1 is 1.50 bits per heavy atom. The van der Waals surface area contributed by atoms with Crippen molar-refractivity contribution in [1.29, 1.82) is 0 Å². The first-order valence-corrected chi connectivity index (χ1v) is 4.40. The number of nitrogens with zero attached hydrogens (tertiary/aromatic N) is 1. The minimum atomic E-state index is 0.247. The second kappa shape index (κ2) is 2.73. The molecule has 4 heteroatoms. The topological polar surface area (TPSA) is 59.1 Å². The predicted molar refractivity (Wildman–Crippen MR) is 49.2 cm³/mol. The van der Waals surface area contributed by atoms with Gasteiger partial charge in [-0.15, -0.1) is 11.3 Å². The molecule has 0 saturated carbocycles. The van der Waals surface area contributed by atoms with E-state index in [4.69, 9.17) is 10.8 Å². The van der Waals surface area contributed by atoms with Gasteiger partial charge in [0, 0.05) is 12.6 Å². The van der Waals surface area contributed by atoms with Crippen molar-refractivity contribution in [3.05, 3.63) is 23.2 Å². The number of hydrogen-bond acceptors (Lipinski definition) is 4. The Morgan fingerprint density at radius 2 is 2.33 bits per heavy atom. The van der Waals surface area contributed by atoms with Gasteiger partial charge in [0.1, 0.15) is 10.8 Å². The Labute approximate surface area is 73.5 Å². The lowest BCUT2D eigenvalue weighted by Crippen LogP contribution is -1.93. The summed E-state index contributed by atoms with van der Waals surface area (Å²) in [7, 11) is 0. The SMILES string of the molecule is NCc1nc2cc(O)ccc2s1. The molecule has 3 nitrogen and oxygen atoms in total. The van der Waals surface area contributed by atoms with E-state index in [1.807, 2.05) is 6.07 Å². The number of hydrogen-bond donors (Lipinski definition) is 2. The zero-order valence-corrected chi connectivity index (χ0v) is 7.14. The monoisotopic (exact) mass is 180 g/mol. The number of benzene rings is 1. The van der Waals surface area contributed by atoms with Crippen LogP contribution in [0.2, 0.25) is 0 Å². The maximum absolute atomic E-state index is 9.15. The van der Waals surface area contributed by atoms with Crippen LogP contribution in [0.25, 0.3) is 10.2 Å². The molecule has 0 atom stereocenters. The highest BCUT2D eigenvalue weighted by molar-refractivity contribution is 7.18. The zero-order valence-electron chi connectivity index (χ0n) is 6.32. The average molecular weight is 180 g/mol. The number of aromatic hydroxyl groups is 1. The van der Waals surface area contributed by atoms with Crippen molar-refractivity contribution in [1.82, 2.24) is 4.98 Å². The molecule has 0 aliphatic heterocycles. The Bertz CT molecular complexity index is 410. The summed E-state index contributed by atoms with van der Waals surface area (Å²) in [5, 5.41) is 10.0. The van der Waals surface area contributed by atoms with Crippen LogP contribution in [0.3, 0.4) is 0 Å². The standard InChI is InChI=1S/C8H8N2OS/c9-4-8-10-6-3-5(11)1-2-7(6)12-8/h1-3,11H,4,9H2. The van der Waals surface area contributed by atoms with E-state index in [1.165, 1.54) is 0 Å². The van der Waals surface area contributed by atoms with Gasteiger partial charge >= 0.3 is 0 Å². The molecule has 0 aliphatic rings. The molecule has 2 rings (SSSR count). The maximum atomic E-state index is 9.15. The molecule has 0 amide bonds. The van der Waals surface area contributed by atoms with E-state index in [0.717, 1.165) is 15.2 Å². The molecule has 3 N–H and O–H groups in total. The first kappa shape index (κ1) is 7.52. The summed E-state index contributed by atoms with van der Waals surface area (Å²) in [5.74, 6) is 0.247. The third-order valence-electron chi connectivity index (χ3n) is 1.59. The number of phenolic OH excluding ortho intramolecular Hbond substituents is 1. The third-order valence-corrected chi connectivity index (χ3v) is 2.65. The van der Waals surface area contributed by atoms with Crippen LogP contribution in [0.4, 0.5) is 0 Å². The van der Waals surface area contributed by atoms with E-state index < -0.39 is 0 Å². The number of aromatic nitrogens is 1. The fraction of sp³-hybridized carbons (Fsp3) is 0.125. The number of nitrogens with two attached hydrogens (primary N) is 1. The van der Waals surface area contributed by atoms with Gasteiger partial charge in [-0.05, 0) is 12.1 Å². The summed E-state index contributed by atoms with van der Waals surface area (Å²) in [4.78, 5) is 4.23. The molecule has 0 saturated heterocycles. The molecule has 0 radical (unpaired) electrons. The largest absolute Gasteiger partial charge is 0.508 e. The summed E-state index contributed by atoms with van der Waals surface area (Å²) in [6.45, 7) is 0.458. The first-order valence-electron chi connectivity index (χ1n) is 3.58. The smallest absolute Gasteiger partial charge is 0.117 e. The average Bonchev–Trinajstić information content (AvgIpc) is 2.46. The number of rotatable bonds is 1. The van der Waals surface area contributed by atoms with Crippen LogP contribution in [-0.2, 0) is 6.54 Å². The van der Waals surface area contributed by atoms with Crippen LogP contribution >= 0.6 is 11.3 Å². The Hall–Kier alpha value is -1.13. The van der Waals surface area contributed by atoms with E-state index in [9.17, 15) is 0 Å². The van der Waals surface area contributed by atoms with Gasteiger partial charge in [0.2, 0.25) is 0 Å². The molecule has 1 aromatic carbocycles. The second-order valence-electron chi connectivity index (χ2n) is 2.46. The molecule has 0 aliphatic carbocycles. The Kier molecular flexibility index (Phi) is 1.71. The number of phenols is 1. The van der Waals surface area contributed by atoms with Gasteiger partial charge in [0.25, 0.3) is 0 Å². The van der Waals surface area contributed by atoms with Gasteiger partial charge < -0.3 is 10.8 Å². The molecule has 12 heavy (non-hydrogen) atoms. The molecule has 2 aromatic rings. The highest BCUT2D eigenvalue weighted by Gasteiger charge is 2.01. The Morgan fingerprint density at radius 3 is 3.08 bits per heavy atom. The van der Waals surface area contributed by atoms with Crippen LogP contribution in [0.1, 0.15) is 5.01 Å². The van der Waals surface area contributed by atoms with Crippen LogP contribution in [0.15, 0.2) is 18.2 Å². The lowest BCUT2D eigenvalue weighted by atomic mass is 10.3. The normalized spacial score (nSPS) is 10.8. The van der Waals surface area contributed by atoms with Crippen LogP contribution in [-0.4, -0.2) is 10.1 Å². The van der Waals surface area contributed by atoms with E-state index in [1.54, 1.807) is 23.5 Å². The van der Waals surface area contributed by atoms with Gasteiger partial charge in [-0.2, -0.15) is 0 Å². The fourth-order valence-corrected chi connectivity index (χ4v) is 1.88. The van der Waals surface area contributed by atoms with Gasteiger partial charge in [0.15, 0.2) is 0 Å². The molecule has 62 valence electrons. The van der Waals surface area contributed by atoms with E-state index >= 15 is 0 Å². The molecule has 1 heterocycles. The van der Waals surface area contributed by atoms with Gasteiger partial charge in [-0.25, -0.2) is 4.98 Å². The Balaban J connectivity index is 2.67. The summed E-state index contributed by atoms with van der Waals surface area (Å²) in [6.07, 6.45) is 0. The fourth-order valence-electron chi connectivity index (χ4n) is 1.05. The van der Waals surface area contributed by atoms with Crippen LogP contribution in [0, 0.1) is 0 Å². The minimum absolute atomic E-state index is 0.247. The molecule has 1 aromatic heterocycles. The second-order valence-corrected chi connectivity index (χ2v) is 3.58. The lowest BCUT2D eigenvalue weighted by molar-refractivity contribution is 0.476. The molecule has 0 fully saturated rings. The molecule has 0 spiro atoms. The van der Waals surface area contributed by atoms with Crippen molar-refractivity contribution in [3.8, 4) is 5.75 Å². The quantitative estimate of drug-likeness (QED) is 0.698. The van der Waals surface area contributed by atoms with Gasteiger partial charge in [-0.3, -0.25) is 0 Å². The molecule has 0 bridgehead atoms. The highest BCUT2D eigenvalue weighted by atomic mass is 32.1. The van der Waals surface area contributed by atoms with Crippen molar-refractivity contribution in [2.75, 3.05) is 0 Å². The summed E-state index contributed by atoms with van der Waals surface area (Å²) in [6, 6.07) is 5.15. The van der Waals surface area contributed by atoms with Gasteiger partial charge in [0.05, 0.1) is 10.2 Å². The molecular formula is C8H8N2OS. The minimum Gasteiger partial charge on any atom is -0.508 e. The van der Waals surface area contributed by atoms with Crippen molar-refractivity contribution < 1.29 is 5.11 Å². The molecular weight excluding hydrogens is 172 g/mol. The van der Waals surface area contributed by atoms with Crippen LogP contribution in [0.5, 0.6) is 5.75 Å².